The van der Waals surface area contributed by atoms with E-state index in [-0.39, 0.29) is 6.61 Å². The first-order chi connectivity index (χ1) is 14.6. The Labute approximate surface area is 191 Å². The molecule has 0 bridgehead atoms. The molecule has 1 aliphatic carbocycles. The van der Waals surface area contributed by atoms with Gasteiger partial charge in [-0.3, -0.25) is 9.10 Å². The van der Waals surface area contributed by atoms with E-state index in [2.05, 4.69) is 5.32 Å². The lowest BCUT2D eigenvalue weighted by Crippen LogP contribution is -2.37. The molecule has 0 spiro atoms. The lowest BCUT2D eigenvalue weighted by molar-refractivity contribution is -0.114. The van der Waals surface area contributed by atoms with Crippen molar-refractivity contribution in [3.63, 3.8) is 0 Å². The highest BCUT2D eigenvalue weighted by atomic mass is 35.5. The van der Waals surface area contributed by atoms with Gasteiger partial charge in [-0.1, -0.05) is 17.7 Å². The maximum atomic E-state index is 12.8. The monoisotopic (exact) mass is 484 g/mol. The van der Waals surface area contributed by atoms with E-state index in [1.54, 1.807) is 26.0 Å². The number of carbonyl (C=O) groups is 2. The van der Waals surface area contributed by atoms with E-state index < -0.39 is 28.4 Å². The lowest BCUT2D eigenvalue weighted by Gasteiger charge is -2.22. The van der Waals surface area contributed by atoms with E-state index in [9.17, 15) is 18.0 Å². The van der Waals surface area contributed by atoms with Gasteiger partial charge in [-0.2, -0.15) is 0 Å². The zero-order valence-corrected chi connectivity index (χ0v) is 20.0. The Hall–Kier alpha value is -2.10. The Kier molecular flexibility index (Phi) is 7.28. The molecule has 31 heavy (non-hydrogen) atoms. The number of hydrogen-bond acceptors (Lipinski definition) is 6. The van der Waals surface area contributed by atoms with Gasteiger partial charge < -0.3 is 10.1 Å². The third kappa shape index (κ3) is 5.39. The summed E-state index contributed by atoms with van der Waals surface area (Å²) in [6, 6.07) is 4.81. The van der Waals surface area contributed by atoms with Crippen molar-refractivity contribution in [3.05, 3.63) is 44.8 Å². The summed E-state index contributed by atoms with van der Waals surface area (Å²) in [6.45, 7) is 3.32. The molecule has 0 radical (unpaired) electrons. The van der Waals surface area contributed by atoms with Gasteiger partial charge in [0.1, 0.15) is 11.5 Å². The highest BCUT2D eigenvalue weighted by Gasteiger charge is 2.28. The molecule has 1 heterocycles. The number of nitrogens with one attached hydrogen (secondary N) is 1. The first-order valence-electron chi connectivity index (χ1n) is 9.97. The number of thiophene rings is 1. The number of rotatable bonds is 7. The number of fused-ring (bicyclic) bond motifs is 1. The number of amides is 1. The first-order valence-corrected chi connectivity index (χ1v) is 13.0. The van der Waals surface area contributed by atoms with E-state index in [1.165, 1.54) is 17.4 Å². The largest absolute Gasteiger partial charge is 0.462 e. The quantitative estimate of drug-likeness (QED) is 0.595. The van der Waals surface area contributed by atoms with Crippen LogP contribution in [0, 0.1) is 6.92 Å². The minimum Gasteiger partial charge on any atom is -0.462 e. The molecule has 3 rings (SSSR count). The SMILES string of the molecule is CCOC(=O)c1c(NC(=O)CN(c2ccc(C)c(Cl)c2)S(C)(=O)=O)sc2c1CCCC2. The van der Waals surface area contributed by atoms with E-state index in [0.717, 1.165) is 52.2 Å². The topological polar surface area (TPSA) is 92.8 Å². The highest BCUT2D eigenvalue weighted by molar-refractivity contribution is 7.92. The number of carbonyl (C=O) groups excluding carboxylic acids is 2. The number of nitrogens with zero attached hydrogens (tertiary/aromatic N) is 1. The third-order valence-electron chi connectivity index (χ3n) is 5.03. The summed E-state index contributed by atoms with van der Waals surface area (Å²) in [7, 11) is -3.75. The average Bonchev–Trinajstić information content (AvgIpc) is 3.05. The van der Waals surface area contributed by atoms with Gasteiger partial charge >= 0.3 is 5.97 Å². The van der Waals surface area contributed by atoms with Crippen molar-refractivity contribution in [2.24, 2.45) is 0 Å². The highest BCUT2D eigenvalue weighted by Crippen LogP contribution is 2.38. The van der Waals surface area contributed by atoms with Crippen molar-refractivity contribution in [2.45, 2.75) is 39.5 Å². The van der Waals surface area contributed by atoms with Crippen LogP contribution in [0.2, 0.25) is 5.02 Å². The molecule has 0 saturated carbocycles. The molecule has 1 aromatic heterocycles. The number of benzene rings is 1. The predicted octanol–water partition coefficient (Wildman–Crippen LogP) is 4.17. The molecule has 0 fully saturated rings. The standard InChI is InChI=1S/C21H25ClN2O5S2/c1-4-29-21(26)19-15-7-5-6-8-17(15)30-20(19)23-18(25)12-24(31(3,27)28)14-10-9-13(2)16(22)11-14/h9-11H,4-8,12H2,1-3H3,(H,23,25). The third-order valence-corrected chi connectivity index (χ3v) is 7.79. The van der Waals surface area contributed by atoms with E-state index >= 15 is 0 Å². The molecule has 7 nitrogen and oxygen atoms in total. The lowest BCUT2D eigenvalue weighted by atomic mass is 9.95. The van der Waals surface area contributed by atoms with Crippen molar-refractivity contribution >= 4 is 55.5 Å². The van der Waals surface area contributed by atoms with Gasteiger partial charge in [-0.15, -0.1) is 11.3 Å². The fourth-order valence-corrected chi connectivity index (χ4v) is 5.82. The molecule has 10 heteroatoms. The van der Waals surface area contributed by atoms with Crippen LogP contribution in [-0.4, -0.2) is 39.7 Å². The summed E-state index contributed by atoms with van der Waals surface area (Å²) in [5.74, 6) is -1.02. The summed E-state index contributed by atoms with van der Waals surface area (Å²) >= 11 is 7.50. The smallest absolute Gasteiger partial charge is 0.341 e. The molecule has 1 aromatic carbocycles. The van der Waals surface area contributed by atoms with Gasteiger partial charge in [0.05, 0.1) is 24.1 Å². The predicted molar refractivity (Wildman–Crippen MR) is 124 cm³/mol. The molecule has 1 N–H and O–H groups in total. The zero-order valence-electron chi connectivity index (χ0n) is 17.7. The second-order valence-electron chi connectivity index (χ2n) is 7.39. The molecular weight excluding hydrogens is 460 g/mol. The molecule has 0 atom stereocenters. The van der Waals surface area contributed by atoms with Crippen LogP contribution in [0.15, 0.2) is 18.2 Å². The molecule has 0 unspecified atom stereocenters. The molecule has 168 valence electrons. The molecule has 0 saturated heterocycles. The number of anilines is 2. The average molecular weight is 485 g/mol. The van der Waals surface area contributed by atoms with Crippen LogP contribution in [-0.2, 0) is 32.4 Å². The van der Waals surface area contributed by atoms with Crippen molar-refractivity contribution < 1.29 is 22.7 Å². The van der Waals surface area contributed by atoms with Crippen LogP contribution in [0.1, 0.15) is 46.1 Å². The second kappa shape index (κ2) is 9.58. The number of esters is 1. The second-order valence-corrected chi connectivity index (χ2v) is 10.8. The van der Waals surface area contributed by atoms with Gasteiger partial charge in [0.25, 0.3) is 0 Å². The van der Waals surface area contributed by atoms with Gasteiger partial charge in [0.15, 0.2) is 0 Å². The van der Waals surface area contributed by atoms with Crippen LogP contribution >= 0.6 is 22.9 Å². The Bertz CT molecular complexity index is 1110. The molecule has 0 aliphatic heterocycles. The summed E-state index contributed by atoms with van der Waals surface area (Å²) in [4.78, 5) is 26.5. The van der Waals surface area contributed by atoms with Crippen molar-refractivity contribution in [3.8, 4) is 0 Å². The van der Waals surface area contributed by atoms with Crippen LogP contribution < -0.4 is 9.62 Å². The minimum absolute atomic E-state index is 0.229. The molecule has 2 aromatic rings. The van der Waals surface area contributed by atoms with Crippen LogP contribution in [0.4, 0.5) is 10.7 Å². The number of aryl methyl sites for hydroxylation is 2. The fraction of sp³-hybridized carbons (Fsp3) is 0.429. The Morgan fingerprint density at radius 3 is 2.61 bits per heavy atom. The number of sulfonamides is 1. The van der Waals surface area contributed by atoms with E-state index in [0.29, 0.717) is 21.3 Å². The summed E-state index contributed by atoms with van der Waals surface area (Å²) < 4.78 is 30.9. The molecule has 1 amide bonds. The maximum Gasteiger partial charge on any atom is 0.341 e. The number of ether oxygens (including phenoxy) is 1. The van der Waals surface area contributed by atoms with Crippen LogP contribution in [0.25, 0.3) is 0 Å². The minimum atomic E-state index is -3.75. The Morgan fingerprint density at radius 2 is 1.97 bits per heavy atom. The maximum absolute atomic E-state index is 12.8. The molecular formula is C21H25ClN2O5S2. The zero-order chi connectivity index (χ0) is 22.8. The van der Waals surface area contributed by atoms with Crippen LogP contribution in [0.3, 0.4) is 0 Å². The van der Waals surface area contributed by atoms with Gasteiger partial charge in [0, 0.05) is 9.90 Å². The normalized spacial score (nSPS) is 13.4. The summed E-state index contributed by atoms with van der Waals surface area (Å²) in [5.41, 5.74) is 2.41. The van der Waals surface area contributed by atoms with Crippen LogP contribution in [0.5, 0.6) is 0 Å². The Balaban J connectivity index is 1.88. The fourth-order valence-electron chi connectivity index (χ4n) is 3.51. The van der Waals surface area contributed by atoms with Gasteiger partial charge in [-0.05, 0) is 62.8 Å². The van der Waals surface area contributed by atoms with Crippen molar-refractivity contribution in [2.75, 3.05) is 29.0 Å². The number of hydrogen-bond donors (Lipinski definition) is 1. The van der Waals surface area contributed by atoms with Crippen molar-refractivity contribution in [1.82, 2.24) is 0 Å². The van der Waals surface area contributed by atoms with Crippen molar-refractivity contribution in [1.29, 1.82) is 0 Å². The van der Waals surface area contributed by atoms with E-state index in [4.69, 9.17) is 16.3 Å². The Morgan fingerprint density at radius 1 is 1.26 bits per heavy atom. The first kappa shape index (κ1) is 23.6. The summed E-state index contributed by atoms with van der Waals surface area (Å²) in [6.07, 6.45) is 4.63. The number of halogens is 1. The summed E-state index contributed by atoms with van der Waals surface area (Å²) in [5, 5.41) is 3.56. The van der Waals surface area contributed by atoms with Gasteiger partial charge in [-0.25, -0.2) is 13.2 Å². The van der Waals surface area contributed by atoms with E-state index in [1.807, 2.05) is 0 Å². The molecule has 1 aliphatic rings. The van der Waals surface area contributed by atoms with Gasteiger partial charge in [0.2, 0.25) is 15.9 Å².